The van der Waals surface area contributed by atoms with Gasteiger partial charge in [-0.15, -0.1) is 10.2 Å². The molecule has 0 radical (unpaired) electrons. The Balaban J connectivity index is 2.23. The smallest absolute Gasteiger partial charge is 0.270 e. The molecule has 2 aromatic rings. The summed E-state index contributed by atoms with van der Waals surface area (Å²) in [6.07, 6.45) is 0.634. The maximum absolute atomic E-state index is 10.8. The number of nitrogens with zero attached hydrogens (tertiary/aromatic N) is 3. The maximum Gasteiger partial charge on any atom is 0.270 e. The summed E-state index contributed by atoms with van der Waals surface area (Å²) in [5.41, 5.74) is 1.47. The van der Waals surface area contributed by atoms with Gasteiger partial charge < -0.3 is 9.73 Å². The van der Waals surface area contributed by atoms with Gasteiger partial charge in [-0.05, 0) is 19.0 Å². The van der Waals surface area contributed by atoms with E-state index in [1.165, 1.54) is 12.1 Å². The molecule has 0 unspecified atom stereocenters. The predicted octanol–water partition coefficient (Wildman–Crippen LogP) is 2.11. The number of aromatic nitrogens is 2. The van der Waals surface area contributed by atoms with E-state index < -0.39 is 4.92 Å². The highest BCUT2D eigenvalue weighted by Gasteiger charge is 2.15. The van der Waals surface area contributed by atoms with Gasteiger partial charge in [0.1, 0.15) is 0 Å². The Kier molecular flexibility index (Phi) is 4.41. The first-order valence-electron chi connectivity index (χ1n) is 6.40. The second-order valence-corrected chi connectivity index (χ2v) is 4.36. The SMILES string of the molecule is CCNCCc1nnc(-c2cc([N+](=O)[O-])ccc2C)o1. The maximum atomic E-state index is 10.8. The van der Waals surface area contributed by atoms with Gasteiger partial charge in [-0.1, -0.05) is 13.0 Å². The van der Waals surface area contributed by atoms with Crippen LogP contribution in [0.2, 0.25) is 0 Å². The van der Waals surface area contributed by atoms with Crippen molar-refractivity contribution in [2.24, 2.45) is 0 Å². The lowest BCUT2D eigenvalue weighted by Crippen LogP contribution is -2.16. The summed E-state index contributed by atoms with van der Waals surface area (Å²) in [4.78, 5) is 10.4. The molecule has 0 aliphatic rings. The molecule has 106 valence electrons. The molecular weight excluding hydrogens is 260 g/mol. The molecule has 1 aromatic heterocycles. The molecule has 7 nitrogen and oxygen atoms in total. The molecule has 0 aliphatic carbocycles. The number of hydrogen-bond acceptors (Lipinski definition) is 6. The van der Waals surface area contributed by atoms with E-state index in [-0.39, 0.29) is 5.69 Å². The lowest BCUT2D eigenvalue weighted by Gasteiger charge is -2.00. The third-order valence-electron chi connectivity index (χ3n) is 2.89. The third kappa shape index (κ3) is 3.18. The number of likely N-dealkylation sites (N-methyl/N-ethyl adjacent to an activating group) is 1. The molecule has 0 spiro atoms. The van der Waals surface area contributed by atoms with Crippen molar-refractivity contribution in [2.75, 3.05) is 13.1 Å². The van der Waals surface area contributed by atoms with Gasteiger partial charge in [0, 0.05) is 30.7 Å². The molecule has 0 amide bonds. The number of nitro groups is 1. The van der Waals surface area contributed by atoms with E-state index in [2.05, 4.69) is 15.5 Å². The highest BCUT2D eigenvalue weighted by molar-refractivity contribution is 5.62. The standard InChI is InChI=1S/C13H16N4O3/c1-3-14-7-6-12-15-16-13(20-12)11-8-10(17(18)19)5-4-9(11)2/h4-5,8,14H,3,6-7H2,1-2H3. The number of nitro benzene ring substituents is 1. The molecule has 0 saturated heterocycles. The lowest BCUT2D eigenvalue weighted by molar-refractivity contribution is -0.384. The first-order chi connectivity index (χ1) is 9.61. The fraction of sp³-hybridized carbons (Fsp3) is 0.385. The molecule has 1 N–H and O–H groups in total. The van der Waals surface area contributed by atoms with Gasteiger partial charge in [-0.25, -0.2) is 0 Å². The normalized spacial score (nSPS) is 10.7. The third-order valence-corrected chi connectivity index (χ3v) is 2.89. The average molecular weight is 276 g/mol. The van der Waals surface area contributed by atoms with Crippen LogP contribution >= 0.6 is 0 Å². The minimum Gasteiger partial charge on any atom is -0.421 e. The van der Waals surface area contributed by atoms with Crippen LogP contribution < -0.4 is 5.32 Å². The van der Waals surface area contributed by atoms with Crippen LogP contribution in [0, 0.1) is 17.0 Å². The Hall–Kier alpha value is -2.28. The zero-order valence-corrected chi connectivity index (χ0v) is 11.4. The van der Waals surface area contributed by atoms with Crippen molar-refractivity contribution in [1.82, 2.24) is 15.5 Å². The molecule has 7 heteroatoms. The van der Waals surface area contributed by atoms with E-state index in [4.69, 9.17) is 4.42 Å². The number of benzene rings is 1. The van der Waals surface area contributed by atoms with Gasteiger partial charge in [0.15, 0.2) is 0 Å². The van der Waals surface area contributed by atoms with Crippen LogP contribution in [-0.4, -0.2) is 28.2 Å². The Morgan fingerprint density at radius 3 is 2.90 bits per heavy atom. The summed E-state index contributed by atoms with van der Waals surface area (Å²) < 4.78 is 5.55. The Bertz CT molecular complexity index is 609. The molecule has 20 heavy (non-hydrogen) atoms. The minimum atomic E-state index is -0.439. The van der Waals surface area contributed by atoms with E-state index in [1.807, 2.05) is 13.8 Å². The van der Waals surface area contributed by atoms with Crippen molar-refractivity contribution in [3.8, 4) is 11.5 Å². The van der Waals surface area contributed by atoms with Gasteiger partial charge in [0.05, 0.1) is 4.92 Å². The van der Waals surface area contributed by atoms with Gasteiger partial charge >= 0.3 is 0 Å². The molecule has 0 saturated carbocycles. The first-order valence-corrected chi connectivity index (χ1v) is 6.40. The second-order valence-electron chi connectivity index (χ2n) is 4.36. The fourth-order valence-electron chi connectivity index (χ4n) is 1.79. The highest BCUT2D eigenvalue weighted by Crippen LogP contribution is 2.26. The van der Waals surface area contributed by atoms with Crippen LogP contribution in [0.15, 0.2) is 22.6 Å². The molecule has 1 aromatic carbocycles. The van der Waals surface area contributed by atoms with Crippen LogP contribution in [0.25, 0.3) is 11.5 Å². The molecule has 0 atom stereocenters. The topological polar surface area (TPSA) is 94.1 Å². The van der Waals surface area contributed by atoms with Crippen molar-refractivity contribution >= 4 is 5.69 Å². The van der Waals surface area contributed by atoms with Crippen molar-refractivity contribution in [2.45, 2.75) is 20.3 Å². The quantitative estimate of drug-likeness (QED) is 0.493. The van der Waals surface area contributed by atoms with Crippen molar-refractivity contribution in [1.29, 1.82) is 0 Å². The molecule has 0 bridgehead atoms. The number of rotatable bonds is 6. The average Bonchev–Trinajstić information content (AvgIpc) is 2.88. The molecule has 0 aliphatic heterocycles. The summed E-state index contributed by atoms with van der Waals surface area (Å²) >= 11 is 0. The highest BCUT2D eigenvalue weighted by atomic mass is 16.6. The van der Waals surface area contributed by atoms with Crippen LogP contribution in [0.1, 0.15) is 18.4 Å². The van der Waals surface area contributed by atoms with Crippen LogP contribution in [0.3, 0.4) is 0 Å². The molecule has 0 fully saturated rings. The number of nitrogens with one attached hydrogen (secondary N) is 1. The van der Waals surface area contributed by atoms with E-state index in [0.717, 1.165) is 18.7 Å². The van der Waals surface area contributed by atoms with Crippen molar-refractivity contribution in [3.63, 3.8) is 0 Å². The van der Waals surface area contributed by atoms with Crippen molar-refractivity contribution < 1.29 is 9.34 Å². The zero-order chi connectivity index (χ0) is 14.5. The zero-order valence-electron chi connectivity index (χ0n) is 11.4. The number of hydrogen-bond donors (Lipinski definition) is 1. The van der Waals surface area contributed by atoms with E-state index >= 15 is 0 Å². The van der Waals surface area contributed by atoms with Gasteiger partial charge in [-0.2, -0.15) is 0 Å². The molecule has 2 rings (SSSR count). The Morgan fingerprint density at radius 1 is 1.40 bits per heavy atom. The summed E-state index contributed by atoms with van der Waals surface area (Å²) in [6, 6.07) is 4.59. The molecule has 1 heterocycles. The number of aryl methyl sites for hydroxylation is 1. The van der Waals surface area contributed by atoms with E-state index in [9.17, 15) is 10.1 Å². The summed E-state index contributed by atoms with van der Waals surface area (Å²) in [7, 11) is 0. The van der Waals surface area contributed by atoms with Gasteiger partial charge in [0.25, 0.3) is 5.69 Å². The Labute approximate surface area is 116 Å². The van der Waals surface area contributed by atoms with Crippen LogP contribution in [0.4, 0.5) is 5.69 Å². The summed E-state index contributed by atoms with van der Waals surface area (Å²) in [6.45, 7) is 5.50. The Morgan fingerprint density at radius 2 is 2.20 bits per heavy atom. The predicted molar refractivity (Wildman–Crippen MR) is 73.4 cm³/mol. The summed E-state index contributed by atoms with van der Waals surface area (Å²) in [5, 5.41) is 21.9. The first kappa shape index (κ1) is 14.1. The van der Waals surface area contributed by atoms with Crippen LogP contribution in [0.5, 0.6) is 0 Å². The van der Waals surface area contributed by atoms with E-state index in [0.29, 0.717) is 23.8 Å². The van der Waals surface area contributed by atoms with E-state index in [1.54, 1.807) is 6.07 Å². The van der Waals surface area contributed by atoms with Crippen LogP contribution in [-0.2, 0) is 6.42 Å². The van der Waals surface area contributed by atoms with Crippen molar-refractivity contribution in [3.05, 3.63) is 39.8 Å². The molecular formula is C13H16N4O3. The van der Waals surface area contributed by atoms with Gasteiger partial charge in [0.2, 0.25) is 11.8 Å². The lowest BCUT2D eigenvalue weighted by atomic mass is 10.1. The number of non-ortho nitro benzene ring substituents is 1. The largest absolute Gasteiger partial charge is 0.421 e. The monoisotopic (exact) mass is 276 g/mol. The minimum absolute atomic E-state index is 0.0120. The van der Waals surface area contributed by atoms with Gasteiger partial charge in [-0.3, -0.25) is 10.1 Å². The summed E-state index contributed by atoms with van der Waals surface area (Å²) in [5.74, 6) is 0.838. The fourth-order valence-corrected chi connectivity index (χ4v) is 1.79. The second kappa shape index (κ2) is 6.25.